The zero-order valence-corrected chi connectivity index (χ0v) is 18.4. The van der Waals surface area contributed by atoms with Crippen LogP contribution in [0.25, 0.3) is 21.7 Å². The number of halogens is 2. The predicted octanol–water partition coefficient (Wildman–Crippen LogP) is 5.69. The molecule has 4 aromatic rings. The molecule has 0 radical (unpaired) electrons. The first-order chi connectivity index (χ1) is 15.0. The van der Waals surface area contributed by atoms with E-state index in [0.717, 1.165) is 0 Å². The third-order valence-electron chi connectivity index (χ3n) is 4.50. The zero-order valence-electron chi connectivity index (χ0n) is 16.1. The smallest absolute Gasteiger partial charge is 0.153 e. The molecule has 2 heterocycles. The summed E-state index contributed by atoms with van der Waals surface area (Å²) in [6.07, 6.45) is 4.54. The van der Waals surface area contributed by atoms with Crippen LogP contribution in [0.15, 0.2) is 60.9 Å². The molecule has 0 fully saturated rings. The van der Waals surface area contributed by atoms with Crippen LogP contribution in [0, 0.1) is 0 Å². The number of thiophene rings is 1. The number of ether oxygens (including phenoxy) is 2. The van der Waals surface area contributed by atoms with Crippen molar-refractivity contribution in [1.82, 2.24) is 4.98 Å². The summed E-state index contributed by atoms with van der Waals surface area (Å²) in [4.78, 5) is 16.4. The summed E-state index contributed by atoms with van der Waals surface area (Å²) in [5.74, 6) is 0.397. The van der Waals surface area contributed by atoms with Crippen molar-refractivity contribution in [2.75, 3.05) is 7.11 Å². The first-order valence-electron chi connectivity index (χ1n) is 9.03. The topological polar surface area (TPSA) is 71.5 Å². The minimum atomic E-state index is -1.32. The van der Waals surface area contributed by atoms with E-state index >= 15 is 0 Å². The van der Waals surface area contributed by atoms with Crippen molar-refractivity contribution in [2.45, 2.75) is 0 Å². The minimum absolute atomic E-state index is 0.00393. The second-order valence-electron chi connectivity index (χ2n) is 6.39. The Morgan fingerprint density at radius 1 is 1.03 bits per heavy atom. The molecule has 0 spiro atoms. The van der Waals surface area contributed by atoms with Crippen molar-refractivity contribution in [3.63, 3.8) is 0 Å². The first-order valence-corrected chi connectivity index (χ1v) is 10.6. The van der Waals surface area contributed by atoms with E-state index in [-0.39, 0.29) is 5.57 Å². The number of methoxy groups -OCH3 is 1. The quantitative estimate of drug-likeness (QED) is 0.338. The summed E-state index contributed by atoms with van der Waals surface area (Å²) in [7, 11) is 1.58. The SMILES string of the molecule is COc1ccc(Oc2c(/C=C(/C(=O)[O-])c3ccncc3)sc3c(Cl)c(Cl)ccc23)cc1. The highest BCUT2D eigenvalue weighted by Gasteiger charge is 2.18. The van der Waals surface area contributed by atoms with Crippen LogP contribution in [-0.2, 0) is 4.79 Å². The van der Waals surface area contributed by atoms with Gasteiger partial charge in [-0.3, -0.25) is 4.98 Å². The normalized spacial score (nSPS) is 11.5. The number of aliphatic carboxylic acids is 1. The number of carboxylic acid groups (broad SMARTS) is 1. The largest absolute Gasteiger partial charge is 0.545 e. The highest BCUT2D eigenvalue weighted by Crippen LogP contribution is 2.46. The molecule has 0 unspecified atom stereocenters. The van der Waals surface area contributed by atoms with Crippen LogP contribution in [0.4, 0.5) is 0 Å². The van der Waals surface area contributed by atoms with Crippen molar-refractivity contribution in [2.24, 2.45) is 0 Å². The number of benzene rings is 2. The standard InChI is InChI=1S/C23H15Cl2NO4S/c1-29-14-2-4-15(5-3-14)30-21-16-6-7-18(24)20(25)22(16)31-19(21)12-17(23(27)28)13-8-10-26-11-9-13/h2-12H,1H3,(H,27,28)/p-1/b17-12+. The molecule has 8 heteroatoms. The molecule has 0 aliphatic heterocycles. The van der Waals surface area contributed by atoms with Crippen LogP contribution in [-0.4, -0.2) is 18.1 Å². The number of pyridine rings is 1. The fraction of sp³-hybridized carbons (Fsp3) is 0.0435. The molecule has 0 atom stereocenters. The Hall–Kier alpha value is -3.06. The predicted molar refractivity (Wildman–Crippen MR) is 122 cm³/mol. The Morgan fingerprint density at radius 2 is 1.71 bits per heavy atom. The molecule has 0 aliphatic carbocycles. The number of carbonyl (C=O) groups excluding carboxylic acids is 1. The fourth-order valence-corrected chi connectivity index (χ4v) is 4.59. The third-order valence-corrected chi connectivity index (χ3v) is 6.56. The first kappa shape index (κ1) is 21.2. The molecule has 4 rings (SSSR count). The van der Waals surface area contributed by atoms with Gasteiger partial charge in [0, 0.05) is 23.4 Å². The zero-order chi connectivity index (χ0) is 22.0. The lowest BCUT2D eigenvalue weighted by Crippen LogP contribution is -2.23. The number of nitrogens with zero attached hydrogens (tertiary/aromatic N) is 1. The van der Waals surface area contributed by atoms with E-state index in [1.54, 1.807) is 55.6 Å². The van der Waals surface area contributed by atoms with Gasteiger partial charge in [0.2, 0.25) is 0 Å². The van der Waals surface area contributed by atoms with Gasteiger partial charge >= 0.3 is 0 Å². The molecule has 5 nitrogen and oxygen atoms in total. The van der Waals surface area contributed by atoms with Crippen molar-refractivity contribution >= 4 is 62.2 Å². The molecular formula is C23H14Cl2NO4S-. The van der Waals surface area contributed by atoms with Crippen LogP contribution in [0.5, 0.6) is 17.2 Å². The van der Waals surface area contributed by atoms with Crippen molar-refractivity contribution in [3.8, 4) is 17.2 Å². The number of rotatable bonds is 6. The Labute approximate surface area is 192 Å². The molecule has 0 amide bonds. The van der Waals surface area contributed by atoms with Gasteiger partial charge in [0.15, 0.2) is 5.75 Å². The summed E-state index contributed by atoms with van der Waals surface area (Å²) >= 11 is 13.9. The maximum Gasteiger partial charge on any atom is 0.153 e. The van der Waals surface area contributed by atoms with Crippen LogP contribution >= 0.6 is 34.5 Å². The van der Waals surface area contributed by atoms with Gasteiger partial charge in [-0.2, -0.15) is 0 Å². The fourth-order valence-electron chi connectivity index (χ4n) is 2.98. The molecule has 0 bridgehead atoms. The van der Waals surface area contributed by atoms with Gasteiger partial charge < -0.3 is 19.4 Å². The van der Waals surface area contributed by atoms with Gasteiger partial charge in [-0.05, 0) is 60.2 Å². The lowest BCUT2D eigenvalue weighted by atomic mass is 10.1. The maximum absolute atomic E-state index is 11.9. The molecule has 0 N–H and O–H groups in total. The third kappa shape index (κ3) is 4.37. The van der Waals surface area contributed by atoms with Gasteiger partial charge in [-0.15, -0.1) is 11.3 Å². The Kier molecular flexibility index (Phi) is 6.13. The van der Waals surface area contributed by atoms with Crippen LogP contribution in [0.3, 0.4) is 0 Å². The van der Waals surface area contributed by atoms with Crippen LogP contribution in [0.1, 0.15) is 10.4 Å². The second-order valence-corrected chi connectivity index (χ2v) is 8.23. The summed E-state index contributed by atoms with van der Waals surface area (Å²) in [6.45, 7) is 0. The number of hydrogen-bond donors (Lipinski definition) is 0. The van der Waals surface area contributed by atoms with Crippen molar-refractivity contribution in [1.29, 1.82) is 0 Å². The Balaban J connectivity index is 1.89. The van der Waals surface area contributed by atoms with Gasteiger partial charge in [0.1, 0.15) is 11.5 Å². The van der Waals surface area contributed by atoms with Crippen LogP contribution < -0.4 is 14.6 Å². The van der Waals surface area contributed by atoms with E-state index < -0.39 is 5.97 Å². The van der Waals surface area contributed by atoms with E-state index in [9.17, 15) is 9.90 Å². The Bertz CT molecular complexity index is 1280. The van der Waals surface area contributed by atoms with Crippen LogP contribution in [0.2, 0.25) is 10.0 Å². The Morgan fingerprint density at radius 3 is 2.35 bits per heavy atom. The summed E-state index contributed by atoms with van der Waals surface area (Å²) in [5.41, 5.74) is 0.461. The van der Waals surface area contributed by atoms with Gasteiger partial charge in [-0.1, -0.05) is 23.2 Å². The average molecular weight is 471 g/mol. The maximum atomic E-state index is 11.9. The lowest BCUT2D eigenvalue weighted by Gasteiger charge is -2.10. The van der Waals surface area contributed by atoms with E-state index in [0.29, 0.717) is 47.8 Å². The lowest BCUT2D eigenvalue weighted by molar-refractivity contribution is -0.295. The highest BCUT2D eigenvalue weighted by atomic mass is 35.5. The molecule has 2 aromatic carbocycles. The summed E-state index contributed by atoms with van der Waals surface area (Å²) in [6, 6.07) is 13.7. The molecule has 156 valence electrons. The van der Waals surface area contributed by atoms with Gasteiger partial charge in [0.25, 0.3) is 0 Å². The molecule has 0 aliphatic rings. The summed E-state index contributed by atoms with van der Waals surface area (Å²) in [5, 5.41) is 13.4. The monoisotopic (exact) mass is 470 g/mol. The van der Waals surface area contributed by atoms with Gasteiger partial charge in [0.05, 0.1) is 32.7 Å². The molecular weight excluding hydrogens is 457 g/mol. The minimum Gasteiger partial charge on any atom is -0.545 e. The molecule has 2 aromatic heterocycles. The summed E-state index contributed by atoms with van der Waals surface area (Å²) < 4.78 is 12.0. The molecule has 0 saturated heterocycles. The number of aromatic nitrogens is 1. The van der Waals surface area contributed by atoms with Crippen molar-refractivity contribution in [3.05, 3.63) is 81.4 Å². The van der Waals surface area contributed by atoms with Crippen molar-refractivity contribution < 1.29 is 19.4 Å². The van der Waals surface area contributed by atoms with E-state index in [1.165, 1.54) is 29.8 Å². The number of fused-ring (bicyclic) bond motifs is 1. The van der Waals surface area contributed by atoms with E-state index in [1.807, 2.05) is 0 Å². The van der Waals surface area contributed by atoms with E-state index in [2.05, 4.69) is 4.98 Å². The second kappa shape index (κ2) is 8.98. The number of carbonyl (C=O) groups is 1. The molecule has 31 heavy (non-hydrogen) atoms. The van der Waals surface area contributed by atoms with E-state index in [4.69, 9.17) is 32.7 Å². The highest BCUT2D eigenvalue weighted by molar-refractivity contribution is 7.21. The average Bonchev–Trinajstić information content (AvgIpc) is 3.13. The number of hydrogen-bond acceptors (Lipinski definition) is 6. The number of carboxylic acids is 1. The molecule has 0 saturated carbocycles. The van der Waals surface area contributed by atoms with Gasteiger partial charge in [-0.25, -0.2) is 0 Å².